The topological polar surface area (TPSA) is 17.0 Å². The second-order valence-electron chi connectivity index (χ2n) is 5.63. The largest absolute Gasteiger partial charge is 0.347 e. The predicted octanol–water partition coefficient (Wildman–Crippen LogP) is 3.48. The molecule has 0 fully saturated rings. The molecule has 1 aliphatic heterocycles. The van der Waals surface area contributed by atoms with Crippen LogP contribution in [0.2, 0.25) is 0 Å². The van der Waals surface area contributed by atoms with E-state index in [1.165, 1.54) is 38.9 Å². The van der Waals surface area contributed by atoms with E-state index in [0.717, 1.165) is 19.5 Å². The number of fused-ring (bicyclic) bond motifs is 1. The van der Waals surface area contributed by atoms with Crippen molar-refractivity contribution in [1.82, 2.24) is 9.88 Å². The first kappa shape index (κ1) is 12.5. The summed E-state index contributed by atoms with van der Waals surface area (Å²) >= 11 is 0. The van der Waals surface area contributed by atoms with Crippen molar-refractivity contribution in [3.05, 3.63) is 40.6 Å². The van der Waals surface area contributed by atoms with Crippen LogP contribution >= 0.6 is 0 Å². The number of aromatic nitrogens is 1. The molecule has 0 saturated carbocycles. The lowest BCUT2D eigenvalue weighted by Gasteiger charge is -2.15. The number of benzene rings is 1. The van der Waals surface area contributed by atoms with E-state index in [4.69, 9.17) is 0 Å². The summed E-state index contributed by atoms with van der Waals surface area (Å²) in [7, 11) is 2.19. The molecule has 19 heavy (non-hydrogen) atoms. The quantitative estimate of drug-likeness (QED) is 0.824. The highest BCUT2D eigenvalue weighted by molar-refractivity contribution is 5.98. The fraction of sp³-hybridized carbons (Fsp3) is 0.412. The van der Waals surface area contributed by atoms with Gasteiger partial charge in [-0.2, -0.15) is 0 Å². The molecule has 0 bridgehead atoms. The lowest BCUT2D eigenvalue weighted by atomic mass is 9.94. The van der Waals surface area contributed by atoms with Crippen LogP contribution < -0.4 is 5.32 Å². The van der Waals surface area contributed by atoms with Gasteiger partial charge >= 0.3 is 0 Å². The molecule has 2 heterocycles. The number of hydrogen-bond donors (Lipinski definition) is 1. The predicted molar refractivity (Wildman–Crippen MR) is 82.6 cm³/mol. The van der Waals surface area contributed by atoms with Crippen LogP contribution in [-0.2, 0) is 7.05 Å². The zero-order valence-corrected chi connectivity index (χ0v) is 12.3. The number of nitrogens with zero attached hydrogens (tertiary/aromatic N) is 1. The number of rotatable bonds is 1. The van der Waals surface area contributed by atoms with Crippen molar-refractivity contribution >= 4 is 16.5 Å². The Morgan fingerprint density at radius 1 is 1.11 bits per heavy atom. The first-order valence-corrected chi connectivity index (χ1v) is 7.06. The second kappa shape index (κ2) is 4.53. The van der Waals surface area contributed by atoms with Gasteiger partial charge in [0.15, 0.2) is 0 Å². The third kappa shape index (κ3) is 1.82. The molecule has 0 saturated heterocycles. The molecule has 1 aromatic carbocycles. The summed E-state index contributed by atoms with van der Waals surface area (Å²) in [4.78, 5) is 0. The Morgan fingerprint density at radius 3 is 2.53 bits per heavy atom. The summed E-state index contributed by atoms with van der Waals surface area (Å²) in [5.74, 6) is 0. The highest BCUT2D eigenvalue weighted by atomic mass is 14.9. The van der Waals surface area contributed by atoms with Crippen molar-refractivity contribution < 1.29 is 0 Å². The molecular formula is C17H22N2. The molecule has 1 aromatic heterocycles. The summed E-state index contributed by atoms with van der Waals surface area (Å²) < 4.78 is 2.36. The summed E-state index contributed by atoms with van der Waals surface area (Å²) in [6.45, 7) is 8.77. The Bertz CT molecular complexity index is 674. The maximum Gasteiger partial charge on any atom is 0.0518 e. The Labute approximate surface area is 115 Å². The van der Waals surface area contributed by atoms with Gasteiger partial charge in [0.2, 0.25) is 0 Å². The lowest BCUT2D eigenvalue weighted by molar-refractivity contribution is 0.738. The summed E-state index contributed by atoms with van der Waals surface area (Å²) in [5, 5.41) is 4.85. The van der Waals surface area contributed by atoms with Gasteiger partial charge in [-0.15, -0.1) is 0 Å². The summed E-state index contributed by atoms with van der Waals surface area (Å²) in [5.41, 5.74) is 8.52. The van der Waals surface area contributed by atoms with Gasteiger partial charge < -0.3 is 9.88 Å². The van der Waals surface area contributed by atoms with E-state index >= 15 is 0 Å². The van der Waals surface area contributed by atoms with Crippen LogP contribution in [0, 0.1) is 20.8 Å². The van der Waals surface area contributed by atoms with Crippen LogP contribution in [0.15, 0.2) is 18.2 Å². The molecular weight excluding hydrogens is 232 g/mol. The van der Waals surface area contributed by atoms with E-state index in [0.29, 0.717) is 0 Å². The number of hydrogen-bond acceptors (Lipinski definition) is 1. The normalized spacial score (nSPS) is 15.9. The van der Waals surface area contributed by atoms with Crippen molar-refractivity contribution in [2.75, 3.05) is 13.1 Å². The SMILES string of the molecule is Cc1ccc(C)c2c1c(C1=CCNCC1)c(C)n2C. The molecule has 2 heteroatoms. The lowest BCUT2D eigenvalue weighted by Crippen LogP contribution is -2.20. The van der Waals surface area contributed by atoms with Crippen LogP contribution in [0.4, 0.5) is 0 Å². The minimum Gasteiger partial charge on any atom is -0.347 e. The molecule has 2 nitrogen and oxygen atoms in total. The minimum atomic E-state index is 0.996. The first-order valence-electron chi connectivity index (χ1n) is 7.06. The van der Waals surface area contributed by atoms with Crippen LogP contribution in [-0.4, -0.2) is 17.7 Å². The van der Waals surface area contributed by atoms with Gasteiger partial charge in [0.05, 0.1) is 5.52 Å². The highest BCUT2D eigenvalue weighted by Gasteiger charge is 2.19. The van der Waals surface area contributed by atoms with E-state index in [9.17, 15) is 0 Å². The molecule has 3 rings (SSSR count). The van der Waals surface area contributed by atoms with Gasteiger partial charge in [-0.25, -0.2) is 0 Å². The van der Waals surface area contributed by atoms with Crippen LogP contribution in [0.5, 0.6) is 0 Å². The summed E-state index contributed by atoms with van der Waals surface area (Å²) in [6, 6.07) is 4.49. The average molecular weight is 254 g/mol. The molecule has 1 N–H and O–H groups in total. The van der Waals surface area contributed by atoms with Gasteiger partial charge in [0.25, 0.3) is 0 Å². The zero-order valence-electron chi connectivity index (χ0n) is 12.3. The third-order valence-corrected chi connectivity index (χ3v) is 4.42. The minimum absolute atomic E-state index is 0.996. The molecule has 1 aliphatic rings. The van der Waals surface area contributed by atoms with Crippen LogP contribution in [0.1, 0.15) is 28.8 Å². The second-order valence-corrected chi connectivity index (χ2v) is 5.63. The van der Waals surface area contributed by atoms with Crippen LogP contribution in [0.25, 0.3) is 16.5 Å². The van der Waals surface area contributed by atoms with Crippen molar-refractivity contribution in [1.29, 1.82) is 0 Å². The molecule has 0 aliphatic carbocycles. The molecule has 0 amide bonds. The monoisotopic (exact) mass is 254 g/mol. The molecule has 100 valence electrons. The first-order chi connectivity index (χ1) is 9.11. The maximum atomic E-state index is 3.40. The van der Waals surface area contributed by atoms with E-state index in [1.807, 2.05) is 0 Å². The van der Waals surface area contributed by atoms with E-state index in [-0.39, 0.29) is 0 Å². The molecule has 0 spiro atoms. The van der Waals surface area contributed by atoms with Crippen molar-refractivity contribution in [3.8, 4) is 0 Å². The Kier molecular flexibility index (Phi) is 2.98. The van der Waals surface area contributed by atoms with Crippen molar-refractivity contribution in [3.63, 3.8) is 0 Å². The Morgan fingerprint density at radius 2 is 1.84 bits per heavy atom. The standard InChI is InChI=1S/C17H22N2/c1-11-5-6-12(2)17-15(11)16(13(3)19(17)4)14-7-9-18-10-8-14/h5-7,18H,8-10H2,1-4H3. The molecule has 0 unspecified atom stereocenters. The van der Waals surface area contributed by atoms with Gasteiger partial charge in [0, 0.05) is 30.2 Å². The zero-order chi connectivity index (χ0) is 13.6. The third-order valence-electron chi connectivity index (χ3n) is 4.42. The average Bonchev–Trinajstić information content (AvgIpc) is 2.69. The number of aryl methyl sites for hydroxylation is 3. The van der Waals surface area contributed by atoms with E-state index < -0.39 is 0 Å². The Hall–Kier alpha value is -1.54. The van der Waals surface area contributed by atoms with Crippen molar-refractivity contribution in [2.24, 2.45) is 7.05 Å². The van der Waals surface area contributed by atoms with Gasteiger partial charge in [-0.05, 0) is 50.4 Å². The van der Waals surface area contributed by atoms with Gasteiger partial charge in [-0.1, -0.05) is 18.2 Å². The fourth-order valence-electron chi connectivity index (χ4n) is 3.30. The van der Waals surface area contributed by atoms with Crippen molar-refractivity contribution in [2.45, 2.75) is 27.2 Å². The highest BCUT2D eigenvalue weighted by Crippen LogP contribution is 2.36. The van der Waals surface area contributed by atoms with E-state index in [1.54, 1.807) is 0 Å². The smallest absolute Gasteiger partial charge is 0.0518 e. The molecule has 0 atom stereocenters. The van der Waals surface area contributed by atoms with E-state index in [2.05, 4.69) is 55.9 Å². The summed E-state index contributed by atoms with van der Waals surface area (Å²) in [6.07, 6.45) is 3.49. The van der Waals surface area contributed by atoms with Gasteiger partial charge in [0.1, 0.15) is 0 Å². The van der Waals surface area contributed by atoms with Gasteiger partial charge in [-0.3, -0.25) is 0 Å². The van der Waals surface area contributed by atoms with Crippen LogP contribution in [0.3, 0.4) is 0 Å². The molecule has 0 radical (unpaired) electrons. The Balaban J connectivity index is 2.38. The number of nitrogens with one attached hydrogen (secondary N) is 1. The maximum absolute atomic E-state index is 3.40. The molecule has 2 aromatic rings. The fourth-order valence-corrected chi connectivity index (χ4v) is 3.30.